The van der Waals surface area contributed by atoms with E-state index < -0.39 is 0 Å². The molecule has 2 aromatic heterocycles. The Hall–Kier alpha value is -1.73. The first-order valence-electron chi connectivity index (χ1n) is 9.81. The summed E-state index contributed by atoms with van der Waals surface area (Å²) in [6, 6.07) is 0.137. The first-order chi connectivity index (χ1) is 12.5. The Morgan fingerprint density at radius 1 is 1.27 bits per heavy atom. The van der Waals surface area contributed by atoms with Crippen LogP contribution in [0, 0.1) is 5.92 Å². The fraction of sp³-hybridized carbons (Fsp3) is 0.737. The van der Waals surface area contributed by atoms with Gasteiger partial charge in [0.15, 0.2) is 5.65 Å². The Morgan fingerprint density at radius 2 is 2.08 bits per heavy atom. The normalized spacial score (nSPS) is 19.0. The Balaban J connectivity index is 2.03. The van der Waals surface area contributed by atoms with Crippen molar-refractivity contribution in [3.63, 3.8) is 0 Å². The van der Waals surface area contributed by atoms with E-state index >= 15 is 0 Å². The zero-order chi connectivity index (χ0) is 18.7. The Morgan fingerprint density at radius 3 is 2.77 bits per heavy atom. The van der Waals surface area contributed by atoms with Crippen LogP contribution >= 0.6 is 0 Å². The standard InChI is InChI=1S/C19H32N6O/c1-5-6-7-25-19-17(16(22-25)10-14(2)3)18(20-13-21-19)24-9-8-23(4)15(11-24)12-26/h13-15,26H,5-12H2,1-4H3. The number of aliphatic hydroxyl groups is 1. The quantitative estimate of drug-likeness (QED) is 0.814. The van der Waals surface area contributed by atoms with E-state index in [0.29, 0.717) is 5.92 Å². The second-order valence-corrected chi connectivity index (χ2v) is 7.78. The highest BCUT2D eigenvalue weighted by Gasteiger charge is 2.27. The van der Waals surface area contributed by atoms with E-state index in [9.17, 15) is 5.11 Å². The largest absolute Gasteiger partial charge is 0.395 e. The van der Waals surface area contributed by atoms with Crippen LogP contribution in [0.2, 0.25) is 0 Å². The first kappa shape index (κ1) is 19.0. The average molecular weight is 361 g/mol. The molecule has 1 atom stereocenters. The lowest BCUT2D eigenvalue weighted by Gasteiger charge is -2.39. The maximum Gasteiger partial charge on any atom is 0.163 e. The number of rotatable bonds is 7. The molecule has 0 aromatic carbocycles. The maximum atomic E-state index is 9.70. The molecule has 1 saturated heterocycles. The van der Waals surface area contributed by atoms with Gasteiger partial charge in [0.25, 0.3) is 0 Å². The highest BCUT2D eigenvalue weighted by Crippen LogP contribution is 2.29. The van der Waals surface area contributed by atoms with Crippen LogP contribution in [0.15, 0.2) is 6.33 Å². The summed E-state index contributed by atoms with van der Waals surface area (Å²) in [5.74, 6) is 1.50. The van der Waals surface area contributed by atoms with E-state index in [0.717, 1.165) is 68.0 Å². The van der Waals surface area contributed by atoms with Gasteiger partial charge in [0.2, 0.25) is 0 Å². The van der Waals surface area contributed by atoms with Gasteiger partial charge in [-0.15, -0.1) is 0 Å². The number of piperazine rings is 1. The first-order valence-corrected chi connectivity index (χ1v) is 9.81. The van der Waals surface area contributed by atoms with Gasteiger partial charge < -0.3 is 10.0 Å². The minimum Gasteiger partial charge on any atom is -0.395 e. The number of hydrogen-bond acceptors (Lipinski definition) is 6. The third-order valence-corrected chi connectivity index (χ3v) is 5.19. The maximum absolute atomic E-state index is 9.70. The molecule has 144 valence electrons. The van der Waals surface area contributed by atoms with Crippen molar-refractivity contribution < 1.29 is 5.11 Å². The number of aliphatic hydroxyl groups excluding tert-OH is 1. The molecule has 3 heterocycles. The van der Waals surface area contributed by atoms with Crippen molar-refractivity contribution in [1.82, 2.24) is 24.6 Å². The molecule has 7 nitrogen and oxygen atoms in total. The van der Waals surface area contributed by atoms with Crippen LogP contribution in [0.1, 0.15) is 39.3 Å². The van der Waals surface area contributed by atoms with Gasteiger partial charge in [0, 0.05) is 26.2 Å². The van der Waals surface area contributed by atoms with E-state index in [4.69, 9.17) is 5.10 Å². The van der Waals surface area contributed by atoms with Gasteiger partial charge in [-0.2, -0.15) is 5.10 Å². The highest BCUT2D eigenvalue weighted by atomic mass is 16.3. The molecule has 0 bridgehead atoms. The van der Waals surface area contributed by atoms with Crippen LogP contribution in [0.3, 0.4) is 0 Å². The summed E-state index contributed by atoms with van der Waals surface area (Å²) in [4.78, 5) is 13.7. The van der Waals surface area contributed by atoms with Crippen LogP contribution in [-0.4, -0.2) is 69.1 Å². The van der Waals surface area contributed by atoms with Crippen LogP contribution < -0.4 is 4.90 Å². The number of likely N-dealkylation sites (N-methyl/N-ethyl adjacent to an activating group) is 1. The zero-order valence-corrected chi connectivity index (χ0v) is 16.5. The van der Waals surface area contributed by atoms with E-state index in [1.807, 2.05) is 0 Å². The van der Waals surface area contributed by atoms with Gasteiger partial charge in [-0.1, -0.05) is 27.2 Å². The predicted octanol–water partition coefficient (Wildman–Crippen LogP) is 1.94. The molecule has 0 radical (unpaired) electrons. The molecule has 1 aliphatic rings. The molecule has 0 amide bonds. The van der Waals surface area contributed by atoms with Gasteiger partial charge in [-0.3, -0.25) is 4.90 Å². The molecule has 1 unspecified atom stereocenters. The van der Waals surface area contributed by atoms with Gasteiger partial charge in [0.1, 0.15) is 12.1 Å². The number of aromatic nitrogens is 4. The predicted molar refractivity (Wildman–Crippen MR) is 104 cm³/mol. The van der Waals surface area contributed by atoms with Crippen LogP contribution in [-0.2, 0) is 13.0 Å². The minimum atomic E-state index is 0.137. The van der Waals surface area contributed by atoms with Gasteiger partial charge in [0.05, 0.1) is 23.7 Å². The summed E-state index contributed by atoms with van der Waals surface area (Å²) >= 11 is 0. The van der Waals surface area contributed by atoms with E-state index in [1.165, 1.54) is 0 Å². The second kappa shape index (κ2) is 8.31. The number of aryl methyl sites for hydroxylation is 1. The highest BCUT2D eigenvalue weighted by molar-refractivity contribution is 5.90. The fourth-order valence-electron chi connectivity index (χ4n) is 3.63. The molecular weight excluding hydrogens is 328 g/mol. The zero-order valence-electron chi connectivity index (χ0n) is 16.5. The third kappa shape index (κ3) is 3.83. The number of nitrogens with zero attached hydrogens (tertiary/aromatic N) is 6. The van der Waals surface area contributed by atoms with Gasteiger partial charge in [-0.25, -0.2) is 14.6 Å². The monoisotopic (exact) mass is 360 g/mol. The number of hydrogen-bond donors (Lipinski definition) is 1. The summed E-state index contributed by atoms with van der Waals surface area (Å²) in [5.41, 5.74) is 2.04. The van der Waals surface area contributed by atoms with Crippen molar-refractivity contribution >= 4 is 16.9 Å². The van der Waals surface area contributed by atoms with Crippen molar-refractivity contribution in [1.29, 1.82) is 0 Å². The summed E-state index contributed by atoms with van der Waals surface area (Å²) < 4.78 is 2.06. The van der Waals surface area contributed by atoms with Crippen molar-refractivity contribution in [3.05, 3.63) is 12.0 Å². The van der Waals surface area contributed by atoms with Gasteiger partial charge >= 0.3 is 0 Å². The van der Waals surface area contributed by atoms with Crippen molar-refractivity contribution in [2.75, 3.05) is 38.2 Å². The SMILES string of the molecule is CCCCn1nc(CC(C)C)c2c(N3CCN(C)C(CO)C3)ncnc21. The number of fused-ring (bicyclic) bond motifs is 1. The van der Waals surface area contributed by atoms with Crippen LogP contribution in [0.5, 0.6) is 0 Å². The van der Waals surface area contributed by atoms with Crippen LogP contribution in [0.25, 0.3) is 11.0 Å². The lowest BCUT2D eigenvalue weighted by atomic mass is 10.1. The smallest absolute Gasteiger partial charge is 0.163 e. The Bertz CT molecular complexity index is 728. The van der Waals surface area contributed by atoms with Crippen molar-refractivity contribution in [2.45, 2.75) is 52.6 Å². The summed E-state index contributed by atoms with van der Waals surface area (Å²) in [5, 5.41) is 15.7. The second-order valence-electron chi connectivity index (χ2n) is 7.78. The third-order valence-electron chi connectivity index (χ3n) is 5.19. The summed E-state index contributed by atoms with van der Waals surface area (Å²) in [6.45, 7) is 10.3. The number of unbranched alkanes of at least 4 members (excludes halogenated alkanes) is 1. The van der Waals surface area contributed by atoms with E-state index in [2.05, 4.69) is 52.3 Å². The lowest BCUT2D eigenvalue weighted by Crippen LogP contribution is -2.53. The lowest BCUT2D eigenvalue weighted by molar-refractivity contribution is 0.135. The Labute approximate surface area is 156 Å². The average Bonchev–Trinajstić information content (AvgIpc) is 2.97. The molecule has 1 N–H and O–H groups in total. The summed E-state index contributed by atoms with van der Waals surface area (Å²) in [7, 11) is 2.07. The van der Waals surface area contributed by atoms with E-state index in [-0.39, 0.29) is 12.6 Å². The molecule has 0 spiro atoms. The van der Waals surface area contributed by atoms with Gasteiger partial charge in [-0.05, 0) is 25.8 Å². The molecule has 1 aliphatic heterocycles. The molecule has 0 saturated carbocycles. The molecule has 26 heavy (non-hydrogen) atoms. The molecule has 2 aromatic rings. The molecule has 7 heteroatoms. The van der Waals surface area contributed by atoms with E-state index in [1.54, 1.807) is 6.33 Å². The minimum absolute atomic E-state index is 0.137. The fourth-order valence-corrected chi connectivity index (χ4v) is 3.63. The summed E-state index contributed by atoms with van der Waals surface area (Å²) in [6.07, 6.45) is 4.81. The molecular formula is C19H32N6O. The van der Waals surface area contributed by atoms with Crippen molar-refractivity contribution in [2.24, 2.45) is 5.92 Å². The van der Waals surface area contributed by atoms with Crippen LogP contribution in [0.4, 0.5) is 5.82 Å². The molecule has 3 rings (SSSR count). The molecule has 1 fully saturated rings. The Kier molecular flexibility index (Phi) is 6.09. The molecule has 0 aliphatic carbocycles. The van der Waals surface area contributed by atoms with Crippen molar-refractivity contribution in [3.8, 4) is 0 Å². The topological polar surface area (TPSA) is 70.3 Å². The number of anilines is 1.